The van der Waals surface area contributed by atoms with Gasteiger partial charge in [-0.2, -0.15) is 13.2 Å². The number of halogens is 4. The molecule has 4 heterocycles. The summed E-state index contributed by atoms with van der Waals surface area (Å²) in [5.41, 5.74) is -1.56. The van der Waals surface area contributed by atoms with Gasteiger partial charge in [0.2, 0.25) is 70.9 Å². The van der Waals surface area contributed by atoms with E-state index in [0.29, 0.717) is 58.0 Å². The molecule has 28 heteroatoms. The largest absolute Gasteiger partial charge is 0.393 e. The third-order valence-corrected chi connectivity index (χ3v) is 24.3. The smallest absolute Gasteiger partial charge is 0.343 e. The zero-order chi connectivity index (χ0) is 74.7. The molecule has 24 nitrogen and oxygen atoms in total. The van der Waals surface area contributed by atoms with Crippen LogP contribution in [0.2, 0.25) is 0 Å². The molecule has 12 amide bonds. The van der Waals surface area contributed by atoms with E-state index in [4.69, 9.17) is 11.6 Å². The third-order valence-electron chi connectivity index (χ3n) is 23.8. The summed E-state index contributed by atoms with van der Waals surface area (Å²) in [6, 6.07) is -10.8. The van der Waals surface area contributed by atoms with Gasteiger partial charge in [-0.15, -0.1) is 11.6 Å². The molecular formula is C73H118ClF3N12O12. The van der Waals surface area contributed by atoms with Crippen molar-refractivity contribution in [2.24, 2.45) is 35.5 Å². The first-order chi connectivity index (χ1) is 47.6. The zero-order valence-corrected chi connectivity index (χ0v) is 63.1. The Bertz CT molecular complexity index is 2960. The molecule has 3 saturated carbocycles. The SMILES string of the molecule is CC[C@H](C)[C@@H]1NC(=O)[C@H](CC(C)C)N(C)C(=O)C[C@@H](C(=O)N2CCCCC2)N(C)C(=O)[C@H]([C@@H](C)CC)N(C)C(=O)C2(CCCC2)NC(=O)[C@@H]2CCCN2C(=O)[C@H](CCC2CCC(C(F)(F)F)C(Cl)C2)NC(=O)CN(C)C(=O)[C@H](CC2CCCCC2)N(C)C(=O)[C@@H]2CCN2C(=O)[C@H](C)N(C)C1=O. The first-order valence-corrected chi connectivity index (χ1v) is 38.1. The second kappa shape index (κ2) is 35.9. The van der Waals surface area contributed by atoms with Crippen LogP contribution in [-0.2, 0) is 57.5 Å². The minimum Gasteiger partial charge on any atom is -0.343 e. The van der Waals surface area contributed by atoms with Gasteiger partial charge in [0.1, 0.15) is 59.9 Å². The topological polar surface area (TPSA) is 270 Å². The van der Waals surface area contributed by atoms with Crippen molar-refractivity contribution in [3.05, 3.63) is 0 Å². The van der Waals surface area contributed by atoms with E-state index in [0.717, 1.165) is 38.5 Å². The van der Waals surface area contributed by atoms with E-state index in [1.807, 2.05) is 27.7 Å². The number of nitrogens with one attached hydrogen (secondary N) is 3. The molecule has 3 unspecified atom stereocenters. The number of likely N-dealkylation sites (tertiary alicyclic amines) is 1. The van der Waals surface area contributed by atoms with E-state index in [1.54, 1.807) is 18.7 Å². The molecule has 4 saturated heterocycles. The van der Waals surface area contributed by atoms with E-state index < -0.39 is 173 Å². The highest BCUT2D eigenvalue weighted by Crippen LogP contribution is 2.44. The third kappa shape index (κ3) is 19.6. The lowest BCUT2D eigenvalue weighted by Gasteiger charge is -2.45. The number of nitrogens with zero attached hydrogens (tertiary/aromatic N) is 9. The molecule has 1 spiro atoms. The van der Waals surface area contributed by atoms with Crippen LogP contribution < -0.4 is 16.0 Å². The van der Waals surface area contributed by atoms with Crippen molar-refractivity contribution in [3.8, 4) is 0 Å². The van der Waals surface area contributed by atoms with E-state index in [2.05, 4.69) is 16.0 Å². The lowest BCUT2D eigenvalue weighted by Crippen LogP contribution is -2.65. The molecule has 0 aromatic rings. The second-order valence-corrected chi connectivity index (χ2v) is 31.8. The molecule has 7 aliphatic rings. The Balaban J connectivity index is 1.28. The summed E-state index contributed by atoms with van der Waals surface area (Å²) in [6.07, 6.45) is 4.98. The van der Waals surface area contributed by atoms with Crippen LogP contribution in [0.4, 0.5) is 13.2 Å². The average molecular weight is 1450 g/mol. The van der Waals surface area contributed by atoms with Crippen molar-refractivity contribution in [2.45, 2.75) is 280 Å². The molecule has 3 N–H and O–H groups in total. The first-order valence-electron chi connectivity index (χ1n) is 37.7. The molecular weight excluding hydrogens is 1330 g/mol. The predicted molar refractivity (Wildman–Crippen MR) is 375 cm³/mol. The summed E-state index contributed by atoms with van der Waals surface area (Å²) in [5, 5.41) is 7.64. The Morgan fingerprint density at radius 3 is 1.79 bits per heavy atom. The number of hydrogen-bond acceptors (Lipinski definition) is 12. The number of carbonyl (C=O) groups excluding carboxylic acids is 12. The maximum absolute atomic E-state index is 15.6. The summed E-state index contributed by atoms with van der Waals surface area (Å²) in [6.45, 7) is 13.0. The lowest BCUT2D eigenvalue weighted by molar-refractivity contribution is -0.182. The fraction of sp³-hybridized carbons (Fsp3) is 0.836. The second-order valence-electron chi connectivity index (χ2n) is 31.2. The Morgan fingerprint density at radius 2 is 1.21 bits per heavy atom. The van der Waals surface area contributed by atoms with Gasteiger partial charge >= 0.3 is 6.18 Å². The Hall–Kier alpha value is -6.28. The maximum atomic E-state index is 15.6. The van der Waals surface area contributed by atoms with Crippen LogP contribution in [0.3, 0.4) is 0 Å². The molecule has 0 aromatic carbocycles. The van der Waals surface area contributed by atoms with E-state index >= 15 is 33.6 Å². The van der Waals surface area contributed by atoms with Gasteiger partial charge in [0, 0.05) is 73.8 Å². The molecule has 0 bridgehead atoms. The van der Waals surface area contributed by atoms with Crippen molar-refractivity contribution < 1.29 is 70.7 Å². The van der Waals surface area contributed by atoms with Gasteiger partial charge in [0.25, 0.3) is 0 Å². The number of carbonyl (C=O) groups is 12. The van der Waals surface area contributed by atoms with Gasteiger partial charge in [-0.05, 0) is 133 Å². The van der Waals surface area contributed by atoms with Crippen LogP contribution in [0.15, 0.2) is 0 Å². The molecule has 0 radical (unpaired) electrons. The number of piperidine rings is 1. The fourth-order valence-electron chi connectivity index (χ4n) is 16.6. The van der Waals surface area contributed by atoms with Crippen molar-refractivity contribution in [1.82, 2.24) is 60.0 Å². The summed E-state index contributed by atoms with van der Waals surface area (Å²) in [4.78, 5) is 193. The van der Waals surface area contributed by atoms with Crippen LogP contribution in [0, 0.1) is 35.5 Å². The highest BCUT2D eigenvalue weighted by molar-refractivity contribution is 6.21. The van der Waals surface area contributed by atoms with Crippen LogP contribution in [-0.4, -0.2) is 261 Å². The molecule has 7 fully saturated rings. The van der Waals surface area contributed by atoms with E-state index in [-0.39, 0.29) is 101 Å². The van der Waals surface area contributed by atoms with Gasteiger partial charge < -0.3 is 60.0 Å². The number of alkyl halides is 4. The van der Waals surface area contributed by atoms with Crippen LogP contribution >= 0.6 is 11.6 Å². The summed E-state index contributed by atoms with van der Waals surface area (Å²) in [5.74, 6) is -10.6. The standard InChI is InChI=1S/C73H118ClF3N12O12/c1-14-45(5)60-69(99)82(9)47(7)64(94)89-38-32-54(89)67(97)84(11)56(41-48-25-18-16-19-26-48)66(96)81(8)43-58(90)78-52(31-29-49-28-30-50(51(74)40-49)73(75,76)77)65(95)88-37-24-27-53(88)63(93)80-72(33-20-21-34-72)71(101)86(13)61(46(6)15-2)70(100)85(12)57(68(98)87-35-22-17-23-36-87)42-59(91)83(10)55(39-44(3)4)62(92)79-60/h44-57,60-61H,14-43H2,1-13H3,(H,78,90)(H,79,92)(H,80,93)/t45-,46-,47-,49?,50?,51?,52-,53-,54-,55-,56-,57-,60-,61-/m0/s1. The van der Waals surface area contributed by atoms with Gasteiger partial charge in [-0.3, -0.25) is 57.5 Å². The monoisotopic (exact) mass is 1450 g/mol. The first kappa shape index (κ1) is 82.0. The van der Waals surface area contributed by atoms with Crippen LogP contribution in [0.25, 0.3) is 0 Å². The number of hydrogen-bond donors (Lipinski definition) is 3. The van der Waals surface area contributed by atoms with Crippen LogP contribution in [0.5, 0.6) is 0 Å². The predicted octanol–water partition coefficient (Wildman–Crippen LogP) is 6.48. The summed E-state index contributed by atoms with van der Waals surface area (Å²) < 4.78 is 42.1. The Labute approximate surface area is 601 Å². The van der Waals surface area contributed by atoms with Crippen molar-refractivity contribution in [1.29, 1.82) is 0 Å². The molecule has 570 valence electrons. The average Bonchev–Trinajstić information content (AvgIpc) is 1.52. The summed E-state index contributed by atoms with van der Waals surface area (Å²) >= 11 is 6.41. The van der Waals surface area contributed by atoms with Gasteiger partial charge in [0.15, 0.2) is 0 Å². The number of likely N-dealkylation sites (N-methyl/N-ethyl adjacent to an activating group) is 6. The Kier molecular flexibility index (Phi) is 29.2. The number of rotatable bonds is 12. The minimum atomic E-state index is -4.51. The van der Waals surface area contributed by atoms with E-state index in [1.165, 1.54) is 88.4 Å². The van der Waals surface area contributed by atoms with Gasteiger partial charge in [-0.1, -0.05) is 99.3 Å². The lowest BCUT2D eigenvalue weighted by atomic mass is 9.78. The quantitative estimate of drug-likeness (QED) is 0.177. The van der Waals surface area contributed by atoms with Crippen molar-refractivity contribution in [2.75, 3.05) is 75.0 Å². The molecule has 0 aromatic heterocycles. The molecule has 101 heavy (non-hydrogen) atoms. The number of amides is 12. The van der Waals surface area contributed by atoms with Gasteiger partial charge in [0.05, 0.1) is 18.9 Å². The van der Waals surface area contributed by atoms with E-state index in [9.17, 15) is 37.1 Å². The Morgan fingerprint density at radius 1 is 0.584 bits per heavy atom. The zero-order valence-electron chi connectivity index (χ0n) is 62.4. The highest BCUT2D eigenvalue weighted by atomic mass is 35.5. The van der Waals surface area contributed by atoms with Gasteiger partial charge in [-0.25, -0.2) is 0 Å². The summed E-state index contributed by atoms with van der Waals surface area (Å²) in [7, 11) is 8.72. The van der Waals surface area contributed by atoms with Crippen molar-refractivity contribution in [3.63, 3.8) is 0 Å². The molecule has 4 aliphatic heterocycles. The normalized spacial score (nSPS) is 31.1. The maximum Gasteiger partial charge on any atom is 0.393 e. The molecule has 3 aliphatic carbocycles. The minimum absolute atomic E-state index is 0.00127. The fourth-order valence-corrected chi connectivity index (χ4v) is 17.1. The highest BCUT2D eigenvalue weighted by Gasteiger charge is 2.53. The van der Waals surface area contributed by atoms with Crippen LogP contribution in [0.1, 0.15) is 209 Å². The number of fused-ring (bicyclic) bond motifs is 2. The molecule has 14 atom stereocenters. The van der Waals surface area contributed by atoms with Crippen molar-refractivity contribution >= 4 is 82.5 Å². The molecule has 7 rings (SSSR count).